The SMILES string of the molecule is O=C(O)CSc1ccc2c(c1)-c1nc-2nc2[nH]c(nc3nc(nc4[nH]c(n1)c1ccc(SCC(=O)O)cc41)-c1ccc(SCC(=O)O)cc1-3)c1ccc(SCC(=O)O)cc21. The van der Waals surface area contributed by atoms with E-state index in [1.165, 1.54) is 0 Å². The highest BCUT2D eigenvalue weighted by molar-refractivity contribution is 8.00. The number of aromatic nitrogens is 8. The Morgan fingerprint density at radius 1 is 0.383 bits per heavy atom. The van der Waals surface area contributed by atoms with Crippen molar-refractivity contribution in [1.29, 1.82) is 0 Å². The maximum Gasteiger partial charge on any atom is 0.313 e. The number of hydrogen-bond acceptors (Lipinski definition) is 14. The lowest BCUT2D eigenvalue weighted by molar-refractivity contribution is -0.134. The topological polar surface area (TPSA) is 258 Å². The first-order valence-electron chi connectivity index (χ1n) is 17.7. The molecule has 298 valence electrons. The first kappa shape index (κ1) is 39.0. The summed E-state index contributed by atoms with van der Waals surface area (Å²) in [6.07, 6.45) is 0. The zero-order chi connectivity index (χ0) is 41.7. The van der Waals surface area contributed by atoms with Gasteiger partial charge in [0.1, 0.15) is 22.6 Å². The Labute approximate surface area is 353 Å². The van der Waals surface area contributed by atoms with Crippen LogP contribution in [0.25, 0.3) is 89.7 Å². The fraction of sp³-hybridized carbons (Fsp3) is 0.100. The molecule has 9 rings (SSSR count). The molecule has 0 spiro atoms. The van der Waals surface area contributed by atoms with Crippen LogP contribution in [-0.2, 0) is 19.2 Å². The molecule has 2 aliphatic rings. The summed E-state index contributed by atoms with van der Waals surface area (Å²) >= 11 is 4.61. The van der Waals surface area contributed by atoms with Gasteiger partial charge in [0.25, 0.3) is 0 Å². The average molecular weight is 875 g/mol. The Morgan fingerprint density at radius 3 is 1.03 bits per heavy atom. The highest BCUT2D eigenvalue weighted by Gasteiger charge is 2.24. The smallest absolute Gasteiger partial charge is 0.313 e. The van der Waals surface area contributed by atoms with Crippen LogP contribution >= 0.6 is 47.0 Å². The van der Waals surface area contributed by atoms with E-state index in [0.29, 0.717) is 97.6 Å². The van der Waals surface area contributed by atoms with Gasteiger partial charge in [0.15, 0.2) is 23.3 Å². The van der Waals surface area contributed by atoms with Crippen LogP contribution in [0, 0.1) is 0 Å². The first-order chi connectivity index (χ1) is 28.9. The molecule has 6 N–H and O–H groups in total. The van der Waals surface area contributed by atoms with E-state index in [0.717, 1.165) is 47.0 Å². The molecule has 7 aromatic rings. The second-order valence-electron chi connectivity index (χ2n) is 13.2. The summed E-state index contributed by atoms with van der Waals surface area (Å²) in [4.78, 5) is 85.2. The van der Waals surface area contributed by atoms with Gasteiger partial charge < -0.3 is 30.4 Å². The number of aromatic amines is 2. The van der Waals surface area contributed by atoms with Gasteiger partial charge in [0, 0.05) is 63.4 Å². The molecule has 20 heteroatoms. The molecule has 5 heterocycles. The summed E-state index contributed by atoms with van der Waals surface area (Å²) in [5, 5.41) is 40.1. The first-order valence-corrected chi connectivity index (χ1v) is 21.7. The lowest BCUT2D eigenvalue weighted by Gasteiger charge is -2.03. The fourth-order valence-electron chi connectivity index (χ4n) is 6.65. The van der Waals surface area contributed by atoms with E-state index in [2.05, 4.69) is 9.97 Å². The molecule has 0 fully saturated rings. The van der Waals surface area contributed by atoms with E-state index in [4.69, 9.17) is 29.9 Å². The van der Waals surface area contributed by atoms with Gasteiger partial charge in [-0.25, -0.2) is 29.9 Å². The summed E-state index contributed by atoms with van der Waals surface area (Å²) in [5.41, 5.74) is 3.99. The Bertz CT molecular complexity index is 2960. The van der Waals surface area contributed by atoms with Crippen LogP contribution in [0.4, 0.5) is 0 Å². The lowest BCUT2D eigenvalue weighted by Crippen LogP contribution is -1.97. The quantitative estimate of drug-likeness (QED) is 0.0646. The number of benzene rings is 4. The van der Waals surface area contributed by atoms with Crippen LogP contribution in [0.2, 0.25) is 0 Å². The predicted octanol–water partition coefficient (Wildman–Crippen LogP) is 7.58. The Morgan fingerprint density at radius 2 is 0.683 bits per heavy atom. The molecular formula is C40H26N8O8S4. The van der Waals surface area contributed by atoms with Gasteiger partial charge in [0.05, 0.1) is 23.0 Å². The Kier molecular flexibility index (Phi) is 10.4. The van der Waals surface area contributed by atoms with Crippen molar-refractivity contribution >= 4 is 115 Å². The van der Waals surface area contributed by atoms with E-state index < -0.39 is 23.9 Å². The van der Waals surface area contributed by atoms with Crippen molar-refractivity contribution in [2.45, 2.75) is 19.6 Å². The minimum atomic E-state index is -0.967. The van der Waals surface area contributed by atoms with Gasteiger partial charge in [-0.2, -0.15) is 0 Å². The molecule has 8 bridgehead atoms. The van der Waals surface area contributed by atoms with Gasteiger partial charge in [-0.1, -0.05) is 0 Å². The van der Waals surface area contributed by atoms with Crippen molar-refractivity contribution in [1.82, 2.24) is 39.9 Å². The number of nitrogens with zero attached hydrogens (tertiary/aromatic N) is 6. The summed E-state index contributed by atoms with van der Waals surface area (Å²) in [6, 6.07) is 21.7. The van der Waals surface area contributed by atoms with Crippen LogP contribution in [0.15, 0.2) is 92.4 Å². The molecule has 0 saturated heterocycles. The number of thioether (sulfide) groups is 4. The van der Waals surface area contributed by atoms with Gasteiger partial charge in [0.2, 0.25) is 0 Å². The molecule has 0 atom stereocenters. The van der Waals surface area contributed by atoms with Crippen LogP contribution in [-0.4, -0.2) is 107 Å². The zero-order valence-corrected chi connectivity index (χ0v) is 33.8. The number of nitrogens with one attached hydrogen (secondary N) is 2. The van der Waals surface area contributed by atoms with Crippen LogP contribution < -0.4 is 0 Å². The highest BCUT2D eigenvalue weighted by atomic mass is 32.2. The third-order valence-corrected chi connectivity index (χ3v) is 13.1. The third kappa shape index (κ3) is 7.84. The Balaban J connectivity index is 1.37. The number of H-pyrrole nitrogens is 2. The molecule has 0 aliphatic carbocycles. The van der Waals surface area contributed by atoms with Crippen LogP contribution in [0.5, 0.6) is 0 Å². The van der Waals surface area contributed by atoms with E-state index in [1.54, 1.807) is 24.3 Å². The van der Waals surface area contributed by atoms with Crippen molar-refractivity contribution in [2.24, 2.45) is 0 Å². The molecule has 60 heavy (non-hydrogen) atoms. The molecule has 2 aliphatic heterocycles. The molecular weight excluding hydrogens is 849 g/mol. The number of hydrogen-bond donors (Lipinski definition) is 6. The van der Waals surface area contributed by atoms with Crippen LogP contribution in [0.1, 0.15) is 0 Å². The number of carboxylic acid groups (broad SMARTS) is 4. The minimum absolute atomic E-state index is 0.156. The lowest BCUT2D eigenvalue weighted by atomic mass is 10.1. The summed E-state index contributed by atoms with van der Waals surface area (Å²) in [5.74, 6) is -3.31. The maximum absolute atomic E-state index is 11.5. The fourth-order valence-corrected chi connectivity index (χ4v) is 9.27. The van der Waals surface area contributed by atoms with Gasteiger partial charge in [-0.05, 0) is 72.8 Å². The number of carboxylic acids is 4. The Hall–Kier alpha value is -6.48. The second kappa shape index (κ2) is 15.9. The zero-order valence-electron chi connectivity index (χ0n) is 30.5. The van der Waals surface area contributed by atoms with Crippen molar-refractivity contribution in [3.8, 4) is 45.6 Å². The third-order valence-electron chi connectivity index (χ3n) is 9.17. The van der Waals surface area contributed by atoms with E-state index >= 15 is 0 Å². The monoisotopic (exact) mass is 874 g/mol. The number of aliphatic carboxylic acids is 4. The summed E-state index contributed by atoms with van der Waals surface area (Å²) < 4.78 is 0. The normalized spacial score (nSPS) is 11.7. The number of carbonyl (C=O) groups is 4. The van der Waals surface area contributed by atoms with Crippen molar-refractivity contribution < 1.29 is 39.6 Å². The summed E-state index contributed by atoms with van der Waals surface area (Å²) in [7, 11) is 0. The van der Waals surface area contributed by atoms with Gasteiger partial charge in [-0.15, -0.1) is 47.0 Å². The molecule has 0 unspecified atom stereocenters. The molecule has 0 radical (unpaired) electrons. The maximum atomic E-state index is 11.5. The summed E-state index contributed by atoms with van der Waals surface area (Å²) in [6.45, 7) is 0. The molecule has 4 aromatic carbocycles. The van der Waals surface area contributed by atoms with E-state index in [1.807, 2.05) is 48.5 Å². The molecule has 0 saturated carbocycles. The predicted molar refractivity (Wildman–Crippen MR) is 229 cm³/mol. The molecule has 3 aromatic heterocycles. The molecule has 0 amide bonds. The van der Waals surface area contributed by atoms with Gasteiger partial charge >= 0.3 is 23.9 Å². The standard InChI is InChI=1S/C40H26N8O8S4/c49-29(50)13-57-17-1-5-21-25(9-17)37-41-33(21)45-38-26-10-18(58-14-30(51)52)2-6-22(26)35(42-38)47-40-28-12-20(60-16-32(55)56)4-8-24(28)36(44-40)48-39-27-11-19(59-15-31(53)54)3-7-23(27)34(43-39)46-37/h1-12H,13-16H2,(H,49,50)(H,51,52)(H,53,54)(H,55,56)(H2,41,42,43,44,45,46,47,48). The van der Waals surface area contributed by atoms with E-state index in [-0.39, 0.29) is 34.7 Å². The second-order valence-corrected chi connectivity index (χ2v) is 17.4. The van der Waals surface area contributed by atoms with Crippen molar-refractivity contribution in [3.05, 3.63) is 72.8 Å². The number of rotatable bonds is 12. The highest BCUT2D eigenvalue weighted by Crippen LogP contribution is 2.40. The number of fused-ring (bicyclic) bond motifs is 20. The van der Waals surface area contributed by atoms with Crippen molar-refractivity contribution in [3.63, 3.8) is 0 Å². The van der Waals surface area contributed by atoms with Crippen LogP contribution in [0.3, 0.4) is 0 Å². The average Bonchev–Trinajstić information content (AvgIpc) is 3.95. The molecule has 16 nitrogen and oxygen atoms in total. The van der Waals surface area contributed by atoms with Crippen molar-refractivity contribution in [2.75, 3.05) is 23.0 Å². The van der Waals surface area contributed by atoms with Gasteiger partial charge in [-0.3, -0.25) is 19.2 Å². The largest absolute Gasteiger partial charge is 0.481 e. The minimum Gasteiger partial charge on any atom is -0.481 e. The van der Waals surface area contributed by atoms with E-state index in [9.17, 15) is 39.6 Å².